The van der Waals surface area contributed by atoms with Gasteiger partial charge in [-0.25, -0.2) is 5.11 Å². The normalized spacial score (nSPS) is 38.4. The Morgan fingerprint density at radius 3 is 2.50 bits per heavy atom. The van der Waals surface area contributed by atoms with Gasteiger partial charge in [0.25, 0.3) is 0 Å². The first-order valence-electron chi connectivity index (χ1n) is 4.06. The van der Waals surface area contributed by atoms with E-state index in [9.17, 15) is 5.11 Å². The van der Waals surface area contributed by atoms with Crippen LogP contribution in [0.3, 0.4) is 0 Å². The van der Waals surface area contributed by atoms with Crippen molar-refractivity contribution in [2.24, 2.45) is 0 Å². The lowest BCUT2D eigenvalue weighted by atomic mass is 10.1. The Hall–Kier alpha value is -0.0800. The van der Waals surface area contributed by atoms with E-state index in [0.29, 0.717) is 0 Å². The lowest BCUT2D eigenvalue weighted by Gasteiger charge is -2.12. The van der Waals surface area contributed by atoms with Crippen molar-refractivity contribution in [1.29, 1.82) is 0 Å². The standard InChI is InChI=1S/C8H13O2/c1-6(9)7-2-3-8(10-7)4-5-8/h6-7H,2-5H2,1H3. The topological polar surface area (TPSA) is 29.1 Å². The molecule has 2 atom stereocenters. The average Bonchev–Trinajstić information content (AvgIpc) is 2.41. The Morgan fingerprint density at radius 1 is 1.50 bits per heavy atom. The second-order valence-corrected chi connectivity index (χ2v) is 3.58. The SMILES string of the molecule is CC([O])C1CCC2(CC2)O1. The molecule has 1 radical (unpaired) electrons. The Labute approximate surface area is 61.2 Å². The van der Waals surface area contributed by atoms with Gasteiger partial charge >= 0.3 is 0 Å². The van der Waals surface area contributed by atoms with E-state index in [1.54, 1.807) is 6.92 Å². The van der Waals surface area contributed by atoms with Gasteiger partial charge in [-0.1, -0.05) is 0 Å². The molecule has 2 rings (SSSR count). The maximum atomic E-state index is 10.9. The monoisotopic (exact) mass is 141 g/mol. The van der Waals surface area contributed by atoms with Crippen molar-refractivity contribution in [1.82, 2.24) is 0 Å². The Kier molecular flexibility index (Phi) is 1.29. The largest absolute Gasteiger partial charge is 0.369 e. The second-order valence-electron chi connectivity index (χ2n) is 3.58. The Balaban J connectivity index is 1.93. The predicted molar refractivity (Wildman–Crippen MR) is 36.2 cm³/mol. The minimum Gasteiger partial charge on any atom is -0.369 e. The molecule has 57 valence electrons. The molecule has 1 saturated carbocycles. The zero-order chi connectivity index (χ0) is 7.19. The number of ether oxygens (including phenoxy) is 1. The quantitative estimate of drug-likeness (QED) is 0.544. The summed E-state index contributed by atoms with van der Waals surface area (Å²) in [4.78, 5) is 0. The molecule has 1 aliphatic carbocycles. The summed E-state index contributed by atoms with van der Waals surface area (Å²) >= 11 is 0. The molecule has 2 unspecified atom stereocenters. The van der Waals surface area contributed by atoms with Crippen molar-refractivity contribution >= 4 is 0 Å². The van der Waals surface area contributed by atoms with E-state index in [2.05, 4.69) is 0 Å². The molecule has 1 heterocycles. The molecular formula is C8H13O2. The maximum Gasteiger partial charge on any atom is 0.116 e. The third kappa shape index (κ3) is 0.956. The van der Waals surface area contributed by atoms with E-state index >= 15 is 0 Å². The van der Waals surface area contributed by atoms with E-state index in [1.165, 1.54) is 12.8 Å². The van der Waals surface area contributed by atoms with Crippen LogP contribution in [-0.4, -0.2) is 17.8 Å². The molecule has 0 bridgehead atoms. The highest BCUT2D eigenvalue weighted by Crippen LogP contribution is 2.50. The number of hydrogen-bond acceptors (Lipinski definition) is 1. The summed E-state index contributed by atoms with van der Waals surface area (Å²) in [5.41, 5.74) is 0.198. The predicted octanol–water partition coefficient (Wildman–Crippen LogP) is 1.52. The van der Waals surface area contributed by atoms with Crippen LogP contribution in [0.25, 0.3) is 0 Å². The smallest absolute Gasteiger partial charge is 0.116 e. The van der Waals surface area contributed by atoms with Gasteiger partial charge in [0.1, 0.15) is 6.10 Å². The van der Waals surface area contributed by atoms with E-state index in [1.807, 2.05) is 0 Å². The van der Waals surface area contributed by atoms with Gasteiger partial charge < -0.3 is 4.74 Å². The molecule has 10 heavy (non-hydrogen) atoms. The highest BCUT2D eigenvalue weighted by atomic mass is 16.5. The minimum absolute atomic E-state index is 0.0162. The average molecular weight is 141 g/mol. The number of rotatable bonds is 1. The molecule has 2 heteroatoms. The van der Waals surface area contributed by atoms with Crippen molar-refractivity contribution in [2.45, 2.75) is 50.4 Å². The summed E-state index contributed by atoms with van der Waals surface area (Å²) in [6.07, 6.45) is 3.99. The lowest BCUT2D eigenvalue weighted by Crippen LogP contribution is -2.22. The molecule has 2 nitrogen and oxygen atoms in total. The molecule has 1 spiro atoms. The van der Waals surface area contributed by atoms with Gasteiger partial charge in [-0.2, -0.15) is 0 Å². The first-order chi connectivity index (χ1) is 4.72. The fourth-order valence-corrected chi connectivity index (χ4v) is 1.68. The zero-order valence-corrected chi connectivity index (χ0v) is 6.30. The number of hydrogen-bond donors (Lipinski definition) is 0. The van der Waals surface area contributed by atoms with Crippen LogP contribution in [0.2, 0.25) is 0 Å². The van der Waals surface area contributed by atoms with Crippen molar-refractivity contribution in [2.75, 3.05) is 0 Å². The van der Waals surface area contributed by atoms with Gasteiger partial charge in [-0.3, -0.25) is 0 Å². The molecule has 1 saturated heterocycles. The van der Waals surface area contributed by atoms with Crippen molar-refractivity contribution < 1.29 is 9.84 Å². The third-order valence-electron chi connectivity index (χ3n) is 2.62. The Bertz CT molecular complexity index is 138. The van der Waals surface area contributed by atoms with Crippen LogP contribution in [0.1, 0.15) is 32.6 Å². The molecule has 1 aliphatic heterocycles. The lowest BCUT2D eigenvalue weighted by molar-refractivity contribution is -0.0625. The first kappa shape index (κ1) is 6.62. The van der Waals surface area contributed by atoms with E-state index in [0.717, 1.165) is 12.8 Å². The summed E-state index contributed by atoms with van der Waals surface area (Å²) < 4.78 is 5.61. The second kappa shape index (κ2) is 1.95. The molecule has 0 aromatic heterocycles. The van der Waals surface area contributed by atoms with Crippen molar-refractivity contribution in [3.05, 3.63) is 0 Å². The van der Waals surface area contributed by atoms with Crippen LogP contribution in [0.4, 0.5) is 0 Å². The van der Waals surface area contributed by atoms with Gasteiger partial charge in [-0.05, 0) is 32.6 Å². The highest BCUT2D eigenvalue weighted by Gasteiger charge is 2.50. The van der Waals surface area contributed by atoms with Gasteiger partial charge in [-0.15, -0.1) is 0 Å². The fourth-order valence-electron chi connectivity index (χ4n) is 1.68. The van der Waals surface area contributed by atoms with Gasteiger partial charge in [0.15, 0.2) is 0 Å². The molecule has 2 aliphatic rings. The van der Waals surface area contributed by atoms with Gasteiger partial charge in [0.2, 0.25) is 0 Å². The van der Waals surface area contributed by atoms with Crippen LogP contribution in [0.5, 0.6) is 0 Å². The highest BCUT2D eigenvalue weighted by molar-refractivity contribution is 5.01. The van der Waals surface area contributed by atoms with E-state index in [-0.39, 0.29) is 11.7 Å². The summed E-state index contributed by atoms with van der Waals surface area (Å²) in [6, 6.07) is 0. The third-order valence-corrected chi connectivity index (χ3v) is 2.62. The first-order valence-corrected chi connectivity index (χ1v) is 4.06. The van der Waals surface area contributed by atoms with Crippen LogP contribution < -0.4 is 0 Å². The molecular weight excluding hydrogens is 128 g/mol. The van der Waals surface area contributed by atoms with Crippen molar-refractivity contribution in [3.63, 3.8) is 0 Å². The van der Waals surface area contributed by atoms with E-state index in [4.69, 9.17) is 4.74 Å². The molecule has 0 aromatic rings. The summed E-state index contributed by atoms with van der Waals surface area (Å²) in [5, 5.41) is 10.9. The summed E-state index contributed by atoms with van der Waals surface area (Å²) in [6.45, 7) is 1.70. The van der Waals surface area contributed by atoms with Gasteiger partial charge in [0, 0.05) is 0 Å². The van der Waals surface area contributed by atoms with Crippen LogP contribution >= 0.6 is 0 Å². The maximum absolute atomic E-state index is 10.9. The molecule has 0 amide bonds. The zero-order valence-electron chi connectivity index (χ0n) is 6.30. The van der Waals surface area contributed by atoms with Crippen LogP contribution in [-0.2, 0) is 9.84 Å². The molecule has 0 N–H and O–H groups in total. The van der Waals surface area contributed by atoms with Crippen molar-refractivity contribution in [3.8, 4) is 0 Å². The fraction of sp³-hybridized carbons (Fsp3) is 1.00. The van der Waals surface area contributed by atoms with Gasteiger partial charge in [0.05, 0.1) is 11.7 Å². The summed E-state index contributed by atoms with van der Waals surface area (Å²) in [7, 11) is 0. The van der Waals surface area contributed by atoms with Crippen LogP contribution in [0, 0.1) is 0 Å². The minimum atomic E-state index is -0.528. The Morgan fingerprint density at radius 2 is 2.20 bits per heavy atom. The molecule has 2 fully saturated rings. The summed E-state index contributed by atoms with van der Waals surface area (Å²) in [5.74, 6) is 0. The molecule has 0 aromatic carbocycles. The van der Waals surface area contributed by atoms with E-state index < -0.39 is 6.10 Å². The van der Waals surface area contributed by atoms with Crippen LogP contribution in [0.15, 0.2) is 0 Å².